The summed E-state index contributed by atoms with van der Waals surface area (Å²) in [5.74, 6) is 4.82. The van der Waals surface area contributed by atoms with E-state index in [0.717, 1.165) is 50.9 Å². The lowest BCUT2D eigenvalue weighted by Gasteiger charge is -2.24. The van der Waals surface area contributed by atoms with Crippen molar-refractivity contribution in [2.45, 2.75) is 45.1 Å². The van der Waals surface area contributed by atoms with Crippen molar-refractivity contribution >= 4 is 16.8 Å². The Morgan fingerprint density at radius 3 is 2.68 bits per heavy atom. The van der Waals surface area contributed by atoms with Crippen LogP contribution in [0.2, 0.25) is 0 Å². The maximum atomic E-state index is 11.7. The number of unbranched alkanes of at least 4 members (excludes halogenated alkanes) is 1. The number of hydrogen-bond donors (Lipinski definition) is 3. The van der Waals surface area contributed by atoms with Crippen molar-refractivity contribution in [3.8, 4) is 11.8 Å². The van der Waals surface area contributed by atoms with Gasteiger partial charge in [-0.25, -0.2) is 5.48 Å². The van der Waals surface area contributed by atoms with Gasteiger partial charge in [-0.1, -0.05) is 73.4 Å². The highest BCUT2D eigenvalue weighted by Gasteiger charge is 2.32. The lowest BCUT2D eigenvalue weighted by atomic mass is 9.79. The molecule has 5 heteroatoms. The van der Waals surface area contributed by atoms with Gasteiger partial charge in [-0.05, 0) is 55.0 Å². The minimum Gasteiger partial charge on any atom is -0.361 e. The van der Waals surface area contributed by atoms with Crippen molar-refractivity contribution in [3.05, 3.63) is 83.6 Å². The number of benzene rings is 2. The zero-order valence-electron chi connectivity index (χ0n) is 19.8. The highest BCUT2D eigenvalue weighted by molar-refractivity contribution is 5.84. The summed E-state index contributed by atoms with van der Waals surface area (Å²) in [7, 11) is 0. The van der Waals surface area contributed by atoms with Crippen LogP contribution in [-0.2, 0) is 17.8 Å². The summed E-state index contributed by atoms with van der Waals surface area (Å²) < 4.78 is 0. The maximum Gasteiger partial charge on any atom is 0.260 e. The Kier molecular flexibility index (Phi) is 8.19. The summed E-state index contributed by atoms with van der Waals surface area (Å²) in [6.45, 7) is 5.09. The molecule has 0 spiro atoms. The smallest absolute Gasteiger partial charge is 0.260 e. The first kappa shape index (κ1) is 23.8. The van der Waals surface area contributed by atoms with Crippen LogP contribution in [0.25, 0.3) is 10.9 Å². The molecule has 3 N–H and O–H groups in total. The van der Waals surface area contributed by atoms with E-state index in [1.165, 1.54) is 22.0 Å². The molecular weight excluding hydrogens is 422 g/mol. The summed E-state index contributed by atoms with van der Waals surface area (Å²) in [6.07, 6.45) is 11.0. The van der Waals surface area contributed by atoms with Crippen molar-refractivity contribution in [1.29, 1.82) is 0 Å². The fraction of sp³-hybridized carbons (Fsp3) is 0.345. The van der Waals surface area contributed by atoms with Gasteiger partial charge < -0.3 is 4.98 Å². The van der Waals surface area contributed by atoms with Crippen LogP contribution >= 0.6 is 0 Å². The maximum absolute atomic E-state index is 11.7. The Bertz CT molecular complexity index is 1180. The molecule has 2 unspecified atom stereocenters. The normalized spacial score (nSPS) is 17.0. The number of fused-ring (bicyclic) bond motifs is 1. The van der Waals surface area contributed by atoms with Gasteiger partial charge >= 0.3 is 0 Å². The summed E-state index contributed by atoms with van der Waals surface area (Å²) in [4.78, 5) is 17.6. The highest BCUT2D eigenvalue weighted by Crippen LogP contribution is 2.30. The molecule has 0 bridgehead atoms. The summed E-state index contributed by atoms with van der Waals surface area (Å²) in [5, 5.41) is 10.2. The Balaban J connectivity index is 1.40. The molecule has 0 fully saturated rings. The molecule has 176 valence electrons. The zero-order valence-corrected chi connectivity index (χ0v) is 19.8. The van der Waals surface area contributed by atoms with Gasteiger partial charge in [0.15, 0.2) is 0 Å². The molecule has 3 aromatic rings. The van der Waals surface area contributed by atoms with Gasteiger partial charge in [-0.3, -0.25) is 14.9 Å². The van der Waals surface area contributed by atoms with Crippen molar-refractivity contribution in [2.24, 2.45) is 5.92 Å². The first-order valence-corrected chi connectivity index (χ1v) is 12.2. The molecule has 5 nitrogen and oxygen atoms in total. The van der Waals surface area contributed by atoms with Gasteiger partial charge in [0.05, 0.1) is 5.92 Å². The van der Waals surface area contributed by atoms with Crippen LogP contribution in [0.5, 0.6) is 0 Å². The number of H-pyrrole nitrogens is 1. The number of carbonyl (C=O) groups is 1. The Morgan fingerprint density at radius 1 is 1.12 bits per heavy atom. The Labute approximate surface area is 201 Å². The molecule has 2 aromatic carbocycles. The summed E-state index contributed by atoms with van der Waals surface area (Å²) >= 11 is 0. The van der Waals surface area contributed by atoms with Crippen LogP contribution in [-0.4, -0.2) is 34.1 Å². The average molecular weight is 456 g/mol. The number of carbonyl (C=O) groups excluding carboxylic acids is 1. The summed E-state index contributed by atoms with van der Waals surface area (Å²) in [6, 6.07) is 16.9. The number of rotatable bonds is 12. The predicted molar refractivity (Wildman–Crippen MR) is 136 cm³/mol. The van der Waals surface area contributed by atoms with Crippen LogP contribution in [0.15, 0.2) is 66.9 Å². The van der Waals surface area contributed by atoms with Gasteiger partial charge in [0.2, 0.25) is 0 Å². The molecule has 1 aromatic heterocycles. The molecule has 1 aliphatic rings. The van der Waals surface area contributed by atoms with E-state index in [4.69, 9.17) is 5.21 Å². The molecule has 1 aliphatic carbocycles. The number of nitrogens with one attached hydrogen (secondary N) is 2. The summed E-state index contributed by atoms with van der Waals surface area (Å²) in [5.41, 5.74) is 6.54. The predicted octanol–water partition coefficient (Wildman–Crippen LogP) is 5.18. The number of hydrogen-bond acceptors (Lipinski definition) is 3. The topological polar surface area (TPSA) is 68.4 Å². The molecule has 2 atom stereocenters. The number of nitrogens with zero attached hydrogens (tertiary/aromatic N) is 1. The SMILES string of the molecule is CC/C=C\CCCN(CCc1c[nH]c2ccccc12)Cc1ccc(C2C#CC2C(=O)NO)cc1. The second-order valence-corrected chi connectivity index (χ2v) is 8.87. The second kappa shape index (κ2) is 11.7. The number of aromatic nitrogens is 1. The lowest BCUT2D eigenvalue weighted by molar-refractivity contribution is -0.132. The first-order valence-electron chi connectivity index (χ1n) is 12.2. The molecule has 1 amide bonds. The van der Waals surface area contributed by atoms with Crippen LogP contribution in [0, 0.1) is 17.8 Å². The van der Waals surface area contributed by atoms with Gasteiger partial charge in [-0.2, -0.15) is 0 Å². The fourth-order valence-electron chi connectivity index (χ4n) is 4.51. The van der Waals surface area contributed by atoms with Crippen molar-refractivity contribution in [3.63, 3.8) is 0 Å². The lowest BCUT2D eigenvalue weighted by Crippen LogP contribution is -2.34. The molecule has 0 saturated carbocycles. The third-order valence-electron chi connectivity index (χ3n) is 6.49. The molecule has 0 aliphatic heterocycles. The zero-order chi connectivity index (χ0) is 23.8. The van der Waals surface area contributed by atoms with Crippen molar-refractivity contribution < 1.29 is 10.0 Å². The standard InChI is InChI=1S/C29H33N3O2/c1-2-3-4-5-8-18-32(19-17-24-20-30-28-10-7-6-9-26(24)28)21-22-11-13-23(14-12-22)25-15-16-27(25)29(33)31-34/h3-4,6-7,9-14,20,25,27,30,34H,2,5,8,17-19,21H2,1H3,(H,31,33)/b4-3-. The van der Waals surface area contributed by atoms with Gasteiger partial charge in [0.25, 0.3) is 5.91 Å². The van der Waals surface area contributed by atoms with E-state index in [-0.39, 0.29) is 5.92 Å². The molecule has 0 saturated heterocycles. The Hall–Kier alpha value is -3.33. The molecule has 0 radical (unpaired) electrons. The third-order valence-corrected chi connectivity index (χ3v) is 6.49. The van der Waals surface area contributed by atoms with Crippen LogP contribution in [0.1, 0.15) is 48.8 Å². The first-order chi connectivity index (χ1) is 16.7. The minimum absolute atomic E-state index is 0.149. The van der Waals surface area contributed by atoms with Gasteiger partial charge in [0.1, 0.15) is 5.92 Å². The fourth-order valence-corrected chi connectivity index (χ4v) is 4.51. The molecular formula is C29H33N3O2. The monoisotopic (exact) mass is 455 g/mol. The largest absolute Gasteiger partial charge is 0.361 e. The highest BCUT2D eigenvalue weighted by atomic mass is 16.5. The van der Waals surface area contributed by atoms with E-state index in [9.17, 15) is 4.79 Å². The van der Waals surface area contributed by atoms with E-state index in [0.29, 0.717) is 0 Å². The van der Waals surface area contributed by atoms with Crippen molar-refractivity contribution in [2.75, 3.05) is 13.1 Å². The van der Waals surface area contributed by atoms with E-state index in [1.807, 2.05) is 0 Å². The van der Waals surface area contributed by atoms with Gasteiger partial charge in [0, 0.05) is 30.2 Å². The number of amides is 1. The van der Waals surface area contributed by atoms with E-state index >= 15 is 0 Å². The number of para-hydroxylation sites is 1. The Morgan fingerprint density at radius 2 is 1.94 bits per heavy atom. The minimum atomic E-state index is -0.473. The number of aromatic amines is 1. The van der Waals surface area contributed by atoms with E-state index in [1.54, 1.807) is 5.48 Å². The average Bonchev–Trinajstić information content (AvgIpc) is 3.25. The molecule has 4 rings (SSSR count). The second-order valence-electron chi connectivity index (χ2n) is 8.87. The quantitative estimate of drug-likeness (QED) is 0.116. The van der Waals surface area contributed by atoms with Crippen LogP contribution in [0.3, 0.4) is 0 Å². The van der Waals surface area contributed by atoms with Crippen molar-refractivity contribution in [1.82, 2.24) is 15.4 Å². The number of allylic oxidation sites excluding steroid dienone is 2. The third kappa shape index (κ3) is 5.77. The molecule has 34 heavy (non-hydrogen) atoms. The van der Waals surface area contributed by atoms with Crippen LogP contribution < -0.4 is 5.48 Å². The van der Waals surface area contributed by atoms with Gasteiger partial charge in [-0.15, -0.1) is 0 Å². The van der Waals surface area contributed by atoms with Crippen LogP contribution in [0.4, 0.5) is 0 Å². The number of hydroxylamine groups is 1. The van der Waals surface area contributed by atoms with E-state index in [2.05, 4.69) is 95.5 Å². The van der Waals surface area contributed by atoms with E-state index < -0.39 is 11.8 Å². The molecule has 1 heterocycles.